The highest BCUT2D eigenvalue weighted by molar-refractivity contribution is 7.67. The van der Waals surface area contributed by atoms with Gasteiger partial charge in [-0.15, -0.1) is 0 Å². The minimum absolute atomic E-state index is 0.000360. The van der Waals surface area contributed by atoms with Crippen LogP contribution in [-0.4, -0.2) is 61.8 Å². The molecule has 0 aromatic heterocycles. The van der Waals surface area contributed by atoms with Gasteiger partial charge in [0.1, 0.15) is 24.2 Å². The molecular formula is C9H20O8P2. The summed E-state index contributed by atoms with van der Waals surface area (Å²) in [5.41, 5.74) is 0. The zero-order valence-electron chi connectivity index (χ0n) is 10.7. The van der Waals surface area contributed by atoms with Crippen LogP contribution in [-0.2, 0) is 13.8 Å². The first-order chi connectivity index (χ1) is 8.61. The minimum Gasteiger partial charge on any atom is -0.388 e. The average Bonchev–Trinajstić information content (AvgIpc) is 2.51. The first-order valence-electron chi connectivity index (χ1n) is 5.77. The number of rotatable bonds is 6. The molecule has 1 saturated heterocycles. The van der Waals surface area contributed by atoms with Crippen LogP contribution in [0.1, 0.15) is 13.8 Å². The molecule has 0 spiro atoms. The lowest BCUT2D eigenvalue weighted by molar-refractivity contribution is -0.0322. The van der Waals surface area contributed by atoms with E-state index in [2.05, 4.69) is 0 Å². The summed E-state index contributed by atoms with van der Waals surface area (Å²) in [6.45, 7) is 3.43. The standard InChI is InChI=1S/C9H20O8P2/c1-5(2)9-8(11)7(10)6(17-9)3-16-18(12)4-19(13,14)15/h5-12H,3-4H2,1-2H3,(H2,13,14,15). The first kappa shape index (κ1) is 17.4. The molecule has 8 nitrogen and oxygen atoms in total. The van der Waals surface area contributed by atoms with Crippen molar-refractivity contribution in [1.29, 1.82) is 0 Å². The van der Waals surface area contributed by atoms with Crippen LogP contribution in [0.3, 0.4) is 0 Å². The van der Waals surface area contributed by atoms with Gasteiger partial charge in [0, 0.05) is 0 Å². The zero-order chi connectivity index (χ0) is 14.8. The summed E-state index contributed by atoms with van der Waals surface area (Å²) in [6, 6.07) is 0. The molecule has 1 fully saturated rings. The largest absolute Gasteiger partial charge is 0.388 e. The van der Waals surface area contributed by atoms with E-state index in [0.717, 1.165) is 0 Å². The van der Waals surface area contributed by atoms with Gasteiger partial charge in [-0.25, -0.2) is 0 Å². The van der Waals surface area contributed by atoms with Crippen LogP contribution in [0.25, 0.3) is 0 Å². The molecule has 5 N–H and O–H groups in total. The molecule has 0 bridgehead atoms. The normalized spacial score (nSPS) is 33.9. The Hall–Kier alpha value is 0.380. The van der Waals surface area contributed by atoms with Crippen molar-refractivity contribution in [3.05, 3.63) is 0 Å². The van der Waals surface area contributed by atoms with Crippen molar-refractivity contribution >= 4 is 16.0 Å². The fraction of sp³-hybridized carbons (Fsp3) is 1.00. The van der Waals surface area contributed by atoms with Crippen molar-refractivity contribution in [3.8, 4) is 0 Å². The molecule has 19 heavy (non-hydrogen) atoms. The smallest absolute Gasteiger partial charge is 0.334 e. The predicted octanol–water partition coefficient (Wildman–Crippen LogP) is -0.412. The highest BCUT2D eigenvalue weighted by Crippen LogP contribution is 2.49. The van der Waals surface area contributed by atoms with Gasteiger partial charge in [0.15, 0.2) is 8.38 Å². The van der Waals surface area contributed by atoms with Crippen LogP contribution in [0.15, 0.2) is 0 Å². The van der Waals surface area contributed by atoms with E-state index in [0.29, 0.717) is 0 Å². The third-order valence-corrected chi connectivity index (χ3v) is 5.64. The summed E-state index contributed by atoms with van der Waals surface area (Å²) in [5, 5.41) is 19.5. The van der Waals surface area contributed by atoms with E-state index < -0.39 is 46.3 Å². The van der Waals surface area contributed by atoms with E-state index in [4.69, 9.17) is 19.0 Å². The van der Waals surface area contributed by atoms with Crippen LogP contribution in [0.5, 0.6) is 0 Å². The highest BCUT2D eigenvalue weighted by Gasteiger charge is 2.44. The van der Waals surface area contributed by atoms with Gasteiger partial charge in [-0.3, -0.25) is 4.57 Å². The molecule has 10 heteroatoms. The Balaban J connectivity index is 2.44. The van der Waals surface area contributed by atoms with Crippen molar-refractivity contribution in [2.75, 3.05) is 12.5 Å². The lowest BCUT2D eigenvalue weighted by Gasteiger charge is -2.18. The van der Waals surface area contributed by atoms with Crippen LogP contribution < -0.4 is 0 Å². The van der Waals surface area contributed by atoms with Crippen molar-refractivity contribution < 1.29 is 38.7 Å². The molecule has 0 amide bonds. The second kappa shape index (κ2) is 6.89. The molecule has 1 aliphatic heterocycles. The number of ether oxygens (including phenoxy) is 1. The fourth-order valence-electron chi connectivity index (χ4n) is 1.82. The molecular weight excluding hydrogens is 298 g/mol. The van der Waals surface area contributed by atoms with Crippen molar-refractivity contribution in [1.82, 2.24) is 0 Å². The van der Waals surface area contributed by atoms with Gasteiger partial charge >= 0.3 is 7.60 Å². The Bertz CT molecular complexity index is 332. The summed E-state index contributed by atoms with van der Waals surface area (Å²) in [4.78, 5) is 26.6. The molecule has 114 valence electrons. The quantitative estimate of drug-likeness (QED) is 0.417. The van der Waals surface area contributed by atoms with Crippen LogP contribution in [0.2, 0.25) is 0 Å². The maximum atomic E-state index is 10.6. The zero-order valence-corrected chi connectivity index (χ0v) is 12.4. The first-order valence-corrected chi connectivity index (χ1v) is 8.97. The summed E-state index contributed by atoms with van der Waals surface area (Å²) in [5.74, 6) is -0.762. The Morgan fingerprint density at radius 1 is 1.32 bits per heavy atom. The lowest BCUT2D eigenvalue weighted by atomic mass is 10.00. The van der Waals surface area contributed by atoms with Crippen LogP contribution >= 0.6 is 16.0 Å². The van der Waals surface area contributed by atoms with E-state index >= 15 is 0 Å². The Kier molecular flexibility index (Phi) is 6.32. The van der Waals surface area contributed by atoms with E-state index in [1.807, 2.05) is 13.8 Å². The molecule has 1 aliphatic rings. The van der Waals surface area contributed by atoms with Crippen molar-refractivity contribution in [2.45, 2.75) is 38.3 Å². The van der Waals surface area contributed by atoms with Crippen molar-refractivity contribution in [2.24, 2.45) is 5.92 Å². The molecule has 5 atom stereocenters. The highest BCUT2D eigenvalue weighted by atomic mass is 31.2. The predicted molar refractivity (Wildman–Crippen MR) is 67.5 cm³/mol. The van der Waals surface area contributed by atoms with E-state index in [1.165, 1.54) is 0 Å². The van der Waals surface area contributed by atoms with E-state index in [1.54, 1.807) is 0 Å². The number of hydrogen-bond acceptors (Lipinski definition) is 6. The molecule has 0 aromatic rings. The maximum Gasteiger partial charge on any atom is 0.334 e. The second-order valence-electron chi connectivity index (χ2n) is 4.82. The Morgan fingerprint density at radius 2 is 1.89 bits per heavy atom. The van der Waals surface area contributed by atoms with Gasteiger partial charge in [0.05, 0.1) is 12.7 Å². The van der Waals surface area contributed by atoms with Crippen LogP contribution in [0.4, 0.5) is 0 Å². The van der Waals surface area contributed by atoms with Gasteiger partial charge in [0.25, 0.3) is 0 Å². The van der Waals surface area contributed by atoms with Gasteiger partial charge in [0.2, 0.25) is 0 Å². The van der Waals surface area contributed by atoms with Crippen LogP contribution in [0, 0.1) is 5.92 Å². The number of aliphatic hydroxyl groups is 2. The SMILES string of the molecule is CC(C)C1OC(COP(O)CP(=O)(O)O)C(O)C1O. The number of aliphatic hydroxyl groups excluding tert-OH is 2. The number of hydrogen-bond donors (Lipinski definition) is 5. The van der Waals surface area contributed by atoms with Crippen molar-refractivity contribution in [3.63, 3.8) is 0 Å². The molecule has 0 saturated carbocycles. The lowest BCUT2D eigenvalue weighted by Crippen LogP contribution is -2.35. The molecule has 0 aromatic carbocycles. The van der Waals surface area contributed by atoms with E-state index in [9.17, 15) is 19.7 Å². The van der Waals surface area contributed by atoms with Gasteiger partial charge in [-0.2, -0.15) is 0 Å². The summed E-state index contributed by atoms with van der Waals surface area (Å²) in [7, 11) is -6.62. The van der Waals surface area contributed by atoms with Gasteiger partial charge in [-0.1, -0.05) is 13.8 Å². The molecule has 0 radical (unpaired) electrons. The second-order valence-corrected chi connectivity index (χ2v) is 8.24. The Labute approximate surface area is 112 Å². The maximum absolute atomic E-state index is 10.6. The topological polar surface area (TPSA) is 137 Å². The monoisotopic (exact) mass is 318 g/mol. The third kappa shape index (κ3) is 5.34. The summed E-state index contributed by atoms with van der Waals surface area (Å²) in [6.07, 6.45) is -3.54. The third-order valence-electron chi connectivity index (χ3n) is 2.75. The Morgan fingerprint density at radius 3 is 2.32 bits per heavy atom. The van der Waals surface area contributed by atoms with Gasteiger partial charge < -0.3 is 34.2 Å². The minimum atomic E-state index is -4.34. The molecule has 1 heterocycles. The summed E-state index contributed by atoms with van der Waals surface area (Å²) >= 11 is 0. The molecule has 0 aliphatic carbocycles. The summed E-state index contributed by atoms with van der Waals surface area (Å²) < 4.78 is 20.9. The molecule has 5 unspecified atom stereocenters. The van der Waals surface area contributed by atoms with Gasteiger partial charge in [-0.05, 0) is 5.92 Å². The average molecular weight is 318 g/mol. The fourth-order valence-corrected chi connectivity index (χ4v) is 3.73. The molecule has 1 rings (SSSR count). The van der Waals surface area contributed by atoms with E-state index in [-0.39, 0.29) is 12.5 Å².